The van der Waals surface area contributed by atoms with Crippen LogP contribution in [0.25, 0.3) is 4.85 Å². The van der Waals surface area contributed by atoms with Crippen LogP contribution in [-0.4, -0.2) is 55.5 Å². The number of fused-ring (bicyclic) bond motifs is 1. The fourth-order valence-electron chi connectivity index (χ4n) is 3.30. The number of benzene rings is 1. The molecule has 25 heavy (non-hydrogen) atoms. The van der Waals surface area contributed by atoms with Crippen molar-refractivity contribution < 1.29 is 14.3 Å². The van der Waals surface area contributed by atoms with E-state index in [9.17, 15) is 4.79 Å². The minimum Gasteiger partial charge on any atom is -0.385 e. The summed E-state index contributed by atoms with van der Waals surface area (Å²) in [6.45, 7) is 10.5. The highest BCUT2D eigenvalue weighted by molar-refractivity contribution is 6.34. The van der Waals surface area contributed by atoms with Crippen molar-refractivity contribution in [2.45, 2.75) is 31.9 Å². The number of nitrogens with zero attached hydrogens (tertiary/aromatic N) is 3. The Hall–Kier alpha value is -1.94. The Morgan fingerprint density at radius 1 is 1.44 bits per heavy atom. The highest BCUT2D eigenvalue weighted by Gasteiger charge is 2.44. The van der Waals surface area contributed by atoms with Crippen molar-refractivity contribution in [3.8, 4) is 0 Å². The fourth-order valence-corrected chi connectivity index (χ4v) is 3.50. The Morgan fingerprint density at radius 2 is 2.24 bits per heavy atom. The molecule has 2 atom stereocenters. The molecule has 0 aliphatic carbocycles. The van der Waals surface area contributed by atoms with E-state index in [0.717, 1.165) is 23.3 Å². The minimum absolute atomic E-state index is 0.0660. The lowest BCUT2D eigenvalue weighted by Crippen LogP contribution is -2.36. The van der Waals surface area contributed by atoms with Crippen molar-refractivity contribution in [1.29, 1.82) is 0 Å². The molecule has 0 spiro atoms. The maximum atomic E-state index is 11.8. The number of hydrogen-bond donors (Lipinski definition) is 0. The topological polar surface area (TPSA) is 55.5 Å². The summed E-state index contributed by atoms with van der Waals surface area (Å²) in [6.07, 6.45) is 0.934. The van der Waals surface area contributed by atoms with Gasteiger partial charge in [0.05, 0.1) is 29.9 Å². The van der Waals surface area contributed by atoms with Gasteiger partial charge in [-0.15, -0.1) is 0 Å². The van der Waals surface area contributed by atoms with Gasteiger partial charge < -0.3 is 9.47 Å². The quantitative estimate of drug-likeness (QED) is 0.577. The average Bonchev–Trinajstić information content (AvgIpc) is 3.10. The monoisotopic (exact) mass is 361 g/mol. The lowest BCUT2D eigenvalue weighted by atomic mass is 9.95. The molecule has 0 unspecified atom stereocenters. The lowest BCUT2D eigenvalue weighted by Gasteiger charge is -2.21. The molecule has 1 saturated heterocycles. The molecule has 0 N–H and O–H groups in total. The molecule has 1 fully saturated rings. The number of halogens is 1. The van der Waals surface area contributed by atoms with Gasteiger partial charge in [-0.05, 0) is 18.9 Å². The molecule has 1 aromatic carbocycles. The SMILES string of the molecule is [C-]#[N+]c1ccc(C2=NN3CC(=O)C[C@H]3[C@@H]2OCCCOC)c(C)c1Cl. The average molecular weight is 362 g/mol. The molecule has 132 valence electrons. The van der Waals surface area contributed by atoms with Gasteiger partial charge in [0.15, 0.2) is 5.78 Å². The number of ketones is 1. The number of hydrazone groups is 1. The van der Waals surface area contributed by atoms with E-state index < -0.39 is 0 Å². The van der Waals surface area contributed by atoms with Crippen LogP contribution in [0.3, 0.4) is 0 Å². The maximum Gasteiger partial charge on any atom is 0.205 e. The van der Waals surface area contributed by atoms with E-state index in [0.29, 0.717) is 36.9 Å². The molecule has 0 bridgehead atoms. The summed E-state index contributed by atoms with van der Waals surface area (Å²) in [7, 11) is 1.66. The summed E-state index contributed by atoms with van der Waals surface area (Å²) in [5.41, 5.74) is 2.89. The number of Topliss-reactive ketones (excluding diaryl/α,β-unsaturated/α-hetero) is 1. The molecular weight excluding hydrogens is 342 g/mol. The van der Waals surface area contributed by atoms with Crippen LogP contribution in [0.15, 0.2) is 17.2 Å². The van der Waals surface area contributed by atoms with E-state index >= 15 is 0 Å². The molecule has 2 aliphatic rings. The van der Waals surface area contributed by atoms with E-state index in [1.807, 2.05) is 18.0 Å². The molecule has 6 nitrogen and oxygen atoms in total. The van der Waals surface area contributed by atoms with E-state index in [2.05, 4.69) is 9.95 Å². The Labute approximate surface area is 152 Å². The molecule has 0 saturated carbocycles. The molecule has 0 radical (unpaired) electrons. The fraction of sp³-hybridized carbons (Fsp3) is 0.500. The van der Waals surface area contributed by atoms with Gasteiger partial charge in [-0.2, -0.15) is 5.10 Å². The highest BCUT2D eigenvalue weighted by atomic mass is 35.5. The molecular formula is C18H20ClN3O3. The zero-order valence-corrected chi connectivity index (χ0v) is 15.0. The third-order valence-electron chi connectivity index (χ3n) is 4.57. The Balaban J connectivity index is 1.90. The van der Waals surface area contributed by atoms with Gasteiger partial charge in [0.25, 0.3) is 0 Å². The number of rotatable bonds is 6. The lowest BCUT2D eigenvalue weighted by molar-refractivity contribution is -0.117. The summed E-state index contributed by atoms with van der Waals surface area (Å²) < 4.78 is 11.1. The summed E-state index contributed by atoms with van der Waals surface area (Å²) in [5, 5.41) is 6.90. The molecule has 7 heteroatoms. The number of hydrogen-bond acceptors (Lipinski definition) is 5. The minimum atomic E-state index is -0.281. The first-order chi connectivity index (χ1) is 12.1. The van der Waals surface area contributed by atoms with Gasteiger partial charge in [0.1, 0.15) is 6.10 Å². The van der Waals surface area contributed by atoms with Crippen LogP contribution in [0.5, 0.6) is 0 Å². The van der Waals surface area contributed by atoms with Crippen molar-refractivity contribution in [1.82, 2.24) is 5.01 Å². The van der Waals surface area contributed by atoms with Crippen LogP contribution < -0.4 is 0 Å². The second kappa shape index (κ2) is 7.52. The van der Waals surface area contributed by atoms with Crippen LogP contribution in [0, 0.1) is 13.5 Å². The Morgan fingerprint density at radius 3 is 2.96 bits per heavy atom. The van der Waals surface area contributed by atoms with Crippen LogP contribution in [-0.2, 0) is 14.3 Å². The standard InChI is InChI=1S/C18H20ClN3O3/c1-11-13(5-6-14(20-2)16(11)19)17-18(25-8-4-7-24-3)15-9-12(23)10-22(15)21-17/h5-6,15,18H,4,7-10H2,1,3H3/t15-,18-/m0/s1. The van der Waals surface area contributed by atoms with Gasteiger partial charge in [0.2, 0.25) is 5.69 Å². The van der Waals surface area contributed by atoms with Crippen molar-refractivity contribution in [2.75, 3.05) is 26.9 Å². The van der Waals surface area contributed by atoms with E-state index in [1.54, 1.807) is 13.2 Å². The molecule has 3 rings (SSSR count). The second-order valence-corrected chi connectivity index (χ2v) is 6.59. The van der Waals surface area contributed by atoms with E-state index in [-0.39, 0.29) is 17.9 Å². The normalized spacial score (nSPS) is 22.1. The molecule has 0 aromatic heterocycles. The van der Waals surface area contributed by atoms with Gasteiger partial charge in [-0.25, -0.2) is 4.85 Å². The largest absolute Gasteiger partial charge is 0.385 e. The van der Waals surface area contributed by atoms with Crippen LogP contribution in [0.2, 0.25) is 5.02 Å². The van der Waals surface area contributed by atoms with Gasteiger partial charge >= 0.3 is 0 Å². The molecule has 0 amide bonds. The molecule has 2 heterocycles. The summed E-state index contributed by atoms with van der Waals surface area (Å²) >= 11 is 6.32. The first kappa shape index (κ1) is 17.9. The highest BCUT2D eigenvalue weighted by Crippen LogP contribution is 2.35. The number of carbonyl (C=O) groups is 1. The van der Waals surface area contributed by atoms with Gasteiger partial charge in [0, 0.05) is 32.3 Å². The van der Waals surface area contributed by atoms with Crippen molar-refractivity contribution in [3.63, 3.8) is 0 Å². The molecule has 2 aliphatic heterocycles. The predicted molar refractivity (Wildman–Crippen MR) is 95.3 cm³/mol. The third-order valence-corrected chi connectivity index (χ3v) is 5.04. The van der Waals surface area contributed by atoms with E-state index in [4.69, 9.17) is 27.6 Å². The van der Waals surface area contributed by atoms with Crippen LogP contribution >= 0.6 is 11.6 Å². The summed E-state index contributed by atoms with van der Waals surface area (Å²) in [4.78, 5) is 15.2. The van der Waals surface area contributed by atoms with E-state index in [1.165, 1.54) is 0 Å². The zero-order chi connectivity index (χ0) is 18.0. The maximum absolute atomic E-state index is 11.8. The first-order valence-electron chi connectivity index (χ1n) is 8.21. The van der Waals surface area contributed by atoms with Crippen molar-refractivity contribution >= 4 is 28.8 Å². The summed E-state index contributed by atoms with van der Waals surface area (Å²) in [6, 6.07) is 3.50. The number of carbonyl (C=O) groups excluding carboxylic acids is 1. The first-order valence-corrected chi connectivity index (χ1v) is 8.59. The van der Waals surface area contributed by atoms with Crippen molar-refractivity contribution in [3.05, 3.63) is 39.7 Å². The predicted octanol–water partition coefficient (Wildman–Crippen LogP) is 2.98. The Kier molecular flexibility index (Phi) is 5.38. The van der Waals surface area contributed by atoms with Gasteiger partial charge in [-0.3, -0.25) is 9.80 Å². The smallest absolute Gasteiger partial charge is 0.205 e. The second-order valence-electron chi connectivity index (χ2n) is 6.21. The van der Waals surface area contributed by atoms with Crippen LogP contribution in [0.1, 0.15) is 24.0 Å². The zero-order valence-electron chi connectivity index (χ0n) is 14.3. The number of methoxy groups -OCH3 is 1. The number of ether oxygens (including phenoxy) is 2. The van der Waals surface area contributed by atoms with Gasteiger partial charge in [-0.1, -0.05) is 23.7 Å². The Bertz CT molecular complexity index is 757. The van der Waals surface area contributed by atoms with Crippen LogP contribution in [0.4, 0.5) is 5.69 Å². The van der Waals surface area contributed by atoms with Crippen molar-refractivity contribution in [2.24, 2.45) is 5.10 Å². The summed E-state index contributed by atoms with van der Waals surface area (Å²) in [5.74, 6) is 0.177. The third kappa shape index (κ3) is 3.40. The molecule has 1 aromatic rings.